The third-order valence-electron chi connectivity index (χ3n) is 8.98. The molecular weight excluding hydrogens is 536 g/mol. The van der Waals surface area contributed by atoms with E-state index in [4.69, 9.17) is 11.4 Å². The Bertz CT molecular complexity index is 1930. The Balaban J connectivity index is 1.08. The van der Waals surface area contributed by atoms with E-state index in [9.17, 15) is 10.1 Å². The maximum Gasteiger partial charge on any atom is 0.253 e. The summed E-state index contributed by atoms with van der Waals surface area (Å²) < 4.78 is 3.53. The first-order valence-electron chi connectivity index (χ1n) is 14.4. The number of carbonyl (C=O) groups is 1. The van der Waals surface area contributed by atoms with E-state index in [1.807, 2.05) is 54.9 Å². The zero-order valence-corrected chi connectivity index (χ0v) is 23.9. The van der Waals surface area contributed by atoms with Crippen LogP contribution in [0, 0.1) is 29.1 Å². The Morgan fingerprint density at radius 2 is 1.79 bits per heavy atom. The molecule has 0 saturated carbocycles. The van der Waals surface area contributed by atoms with Gasteiger partial charge in [-0.1, -0.05) is 12.0 Å². The highest BCUT2D eigenvalue weighted by Gasteiger charge is 2.42. The summed E-state index contributed by atoms with van der Waals surface area (Å²) in [4.78, 5) is 22.4. The van der Waals surface area contributed by atoms with Gasteiger partial charge in [-0.3, -0.25) is 9.48 Å². The van der Waals surface area contributed by atoms with Crippen LogP contribution in [-0.4, -0.2) is 61.4 Å². The molecule has 6 heterocycles. The second-order valence-electron chi connectivity index (χ2n) is 11.6. The van der Waals surface area contributed by atoms with Crippen LogP contribution >= 0.6 is 0 Å². The lowest BCUT2D eigenvalue weighted by molar-refractivity contribution is 0.0764. The van der Waals surface area contributed by atoms with E-state index in [1.165, 1.54) is 0 Å². The molecule has 1 spiro atoms. The Labute approximate surface area is 250 Å². The van der Waals surface area contributed by atoms with E-state index in [0.29, 0.717) is 11.1 Å². The number of piperidine rings is 1. The minimum atomic E-state index is 0.0631. The first kappa shape index (κ1) is 26.5. The van der Waals surface area contributed by atoms with Crippen LogP contribution in [0.5, 0.6) is 0 Å². The summed E-state index contributed by atoms with van der Waals surface area (Å²) in [6.07, 6.45) is 17.8. The van der Waals surface area contributed by atoms with E-state index in [1.54, 1.807) is 21.5 Å². The number of likely N-dealkylation sites (tertiary alicyclic amines) is 1. The number of carbonyl (C=O) groups excluding carboxylic acids is 1. The standard InChI is InChI=1S/C34H30N8O/c1-3-24-5-4-6-25(15-24)33(43)41-14-11-34(23-41)9-12-40(13-10-34)31-8-7-26(18-36-31)30-16-27(29-20-37-39(2)21-29)22-42-32(30)28(17-35)19-38-42/h1,4-8,15-16,18-22H,9-14,23H2,2H3. The maximum absolute atomic E-state index is 13.2. The number of amides is 1. The zero-order valence-electron chi connectivity index (χ0n) is 23.9. The fourth-order valence-electron chi connectivity index (χ4n) is 6.54. The van der Waals surface area contributed by atoms with Gasteiger partial charge in [-0.15, -0.1) is 6.42 Å². The van der Waals surface area contributed by atoms with Crippen LogP contribution in [0.4, 0.5) is 5.82 Å². The molecule has 7 rings (SSSR count). The van der Waals surface area contributed by atoms with Crippen molar-refractivity contribution in [2.24, 2.45) is 12.5 Å². The second-order valence-corrected chi connectivity index (χ2v) is 11.6. The molecule has 0 atom stereocenters. The molecule has 2 fully saturated rings. The number of aromatic nitrogens is 5. The fraction of sp³-hybridized carbons (Fsp3) is 0.265. The van der Waals surface area contributed by atoms with Gasteiger partial charge in [0.1, 0.15) is 11.9 Å². The number of terminal acetylenes is 1. The topological polar surface area (TPSA) is 95.4 Å². The summed E-state index contributed by atoms with van der Waals surface area (Å²) in [5, 5.41) is 18.5. The van der Waals surface area contributed by atoms with E-state index < -0.39 is 0 Å². The lowest BCUT2D eigenvalue weighted by Crippen LogP contribution is -2.42. The van der Waals surface area contributed by atoms with Gasteiger partial charge in [0.2, 0.25) is 0 Å². The van der Waals surface area contributed by atoms with Crippen LogP contribution in [-0.2, 0) is 7.05 Å². The van der Waals surface area contributed by atoms with Crippen molar-refractivity contribution in [3.63, 3.8) is 0 Å². The average molecular weight is 567 g/mol. The number of rotatable bonds is 4. The van der Waals surface area contributed by atoms with Gasteiger partial charge >= 0.3 is 0 Å². The molecule has 2 aliphatic heterocycles. The number of hydrogen-bond donors (Lipinski definition) is 0. The number of nitriles is 1. The van der Waals surface area contributed by atoms with Crippen molar-refractivity contribution in [2.45, 2.75) is 19.3 Å². The van der Waals surface area contributed by atoms with Gasteiger partial charge in [0.05, 0.1) is 23.5 Å². The van der Waals surface area contributed by atoms with Crippen LogP contribution in [0.15, 0.2) is 73.4 Å². The summed E-state index contributed by atoms with van der Waals surface area (Å²) >= 11 is 0. The molecule has 9 nitrogen and oxygen atoms in total. The van der Waals surface area contributed by atoms with Crippen molar-refractivity contribution in [3.05, 3.63) is 90.1 Å². The van der Waals surface area contributed by atoms with Crippen molar-refractivity contribution in [1.29, 1.82) is 5.26 Å². The maximum atomic E-state index is 13.2. The normalized spacial score (nSPS) is 16.0. The van der Waals surface area contributed by atoms with Crippen molar-refractivity contribution in [1.82, 2.24) is 29.3 Å². The van der Waals surface area contributed by atoms with Crippen molar-refractivity contribution in [3.8, 4) is 40.7 Å². The van der Waals surface area contributed by atoms with Crippen LogP contribution < -0.4 is 4.90 Å². The van der Waals surface area contributed by atoms with Gasteiger partial charge in [0.25, 0.3) is 5.91 Å². The molecule has 0 unspecified atom stereocenters. The predicted molar refractivity (Wildman–Crippen MR) is 164 cm³/mol. The first-order valence-corrected chi connectivity index (χ1v) is 14.4. The highest BCUT2D eigenvalue weighted by molar-refractivity contribution is 5.95. The molecule has 0 bridgehead atoms. The number of hydrogen-bond acceptors (Lipinski definition) is 6. The lowest BCUT2D eigenvalue weighted by atomic mass is 9.78. The molecule has 0 aliphatic carbocycles. The minimum Gasteiger partial charge on any atom is -0.357 e. The smallest absolute Gasteiger partial charge is 0.253 e. The summed E-state index contributed by atoms with van der Waals surface area (Å²) in [6, 6.07) is 15.8. The van der Waals surface area contributed by atoms with Crippen molar-refractivity contribution >= 4 is 17.2 Å². The molecular formula is C34H30N8O. The van der Waals surface area contributed by atoms with E-state index in [2.05, 4.69) is 45.3 Å². The SMILES string of the molecule is C#Cc1cccc(C(=O)N2CCC3(CCN(c4ccc(-c5cc(-c6cnn(C)c6)cn6ncc(C#N)c56)cn4)CC3)C2)c1. The van der Waals surface area contributed by atoms with Gasteiger partial charge in [-0.05, 0) is 61.1 Å². The Morgan fingerprint density at radius 1 is 0.953 bits per heavy atom. The van der Waals surface area contributed by atoms with Crippen LogP contribution in [0.25, 0.3) is 27.8 Å². The molecule has 2 saturated heterocycles. The molecule has 1 amide bonds. The Morgan fingerprint density at radius 3 is 2.51 bits per heavy atom. The number of nitrogens with zero attached hydrogens (tertiary/aromatic N) is 8. The highest BCUT2D eigenvalue weighted by atomic mass is 16.2. The monoisotopic (exact) mass is 566 g/mol. The predicted octanol–water partition coefficient (Wildman–Crippen LogP) is 4.78. The number of pyridine rings is 2. The number of aryl methyl sites for hydroxylation is 1. The summed E-state index contributed by atoms with van der Waals surface area (Å²) in [7, 11) is 1.89. The molecule has 4 aromatic heterocycles. The van der Waals surface area contributed by atoms with Gasteiger partial charge in [-0.2, -0.15) is 15.5 Å². The van der Waals surface area contributed by atoms with Gasteiger partial charge in [0, 0.05) is 85.2 Å². The lowest BCUT2D eigenvalue weighted by Gasteiger charge is -2.39. The van der Waals surface area contributed by atoms with Gasteiger partial charge in [-0.25, -0.2) is 9.50 Å². The molecule has 2 aliphatic rings. The molecule has 0 N–H and O–H groups in total. The minimum absolute atomic E-state index is 0.0631. The van der Waals surface area contributed by atoms with Crippen LogP contribution in [0.1, 0.15) is 40.7 Å². The summed E-state index contributed by atoms with van der Waals surface area (Å²) in [5.74, 6) is 3.62. The third-order valence-corrected chi connectivity index (χ3v) is 8.98. The van der Waals surface area contributed by atoms with Crippen molar-refractivity contribution in [2.75, 3.05) is 31.1 Å². The largest absolute Gasteiger partial charge is 0.357 e. The molecule has 5 aromatic rings. The molecule has 1 aromatic carbocycles. The number of anilines is 1. The van der Waals surface area contributed by atoms with Gasteiger partial charge < -0.3 is 9.80 Å². The summed E-state index contributed by atoms with van der Waals surface area (Å²) in [5.41, 5.74) is 6.56. The zero-order chi connectivity index (χ0) is 29.6. The molecule has 43 heavy (non-hydrogen) atoms. The number of benzene rings is 1. The van der Waals surface area contributed by atoms with E-state index >= 15 is 0 Å². The fourth-order valence-corrected chi connectivity index (χ4v) is 6.54. The van der Waals surface area contributed by atoms with E-state index in [0.717, 1.165) is 84.6 Å². The van der Waals surface area contributed by atoms with Crippen molar-refractivity contribution < 1.29 is 4.79 Å². The molecule has 0 radical (unpaired) electrons. The average Bonchev–Trinajstić information content (AvgIpc) is 3.79. The van der Waals surface area contributed by atoms with Crippen LogP contribution in [0.2, 0.25) is 0 Å². The van der Waals surface area contributed by atoms with Gasteiger partial charge in [0.15, 0.2) is 0 Å². The first-order chi connectivity index (χ1) is 20.9. The quantitative estimate of drug-likeness (QED) is 0.291. The second kappa shape index (κ2) is 10.5. The Hall–Kier alpha value is -5.41. The summed E-state index contributed by atoms with van der Waals surface area (Å²) in [6.45, 7) is 3.34. The highest BCUT2D eigenvalue weighted by Crippen LogP contribution is 2.42. The molecule has 212 valence electrons. The third kappa shape index (κ3) is 4.79. The van der Waals surface area contributed by atoms with E-state index in [-0.39, 0.29) is 11.3 Å². The number of fused-ring (bicyclic) bond motifs is 1. The Kier molecular flexibility index (Phi) is 6.44. The molecule has 9 heteroatoms. The van der Waals surface area contributed by atoms with Crippen LogP contribution in [0.3, 0.4) is 0 Å².